The second-order valence-electron chi connectivity index (χ2n) is 6.20. The zero-order valence-corrected chi connectivity index (χ0v) is 18.2. The van der Waals surface area contributed by atoms with Crippen LogP contribution in [0, 0.1) is 0 Å². The first-order chi connectivity index (χ1) is 12.7. The number of nitrogens with zero attached hydrogens (tertiary/aromatic N) is 1. The number of nitrogens with one attached hydrogen (secondary N) is 1. The molecule has 27 heavy (non-hydrogen) atoms. The molecule has 0 aromatic carbocycles. The summed E-state index contributed by atoms with van der Waals surface area (Å²) < 4.78 is 8.95. The van der Waals surface area contributed by atoms with Crippen LogP contribution in [0.1, 0.15) is 39.5 Å². The number of ether oxygens (including phenoxy) is 2. The van der Waals surface area contributed by atoms with Gasteiger partial charge >= 0.3 is 11.9 Å². The Morgan fingerprint density at radius 1 is 0.926 bits per heavy atom. The van der Waals surface area contributed by atoms with E-state index in [1.54, 1.807) is 6.92 Å². The van der Waals surface area contributed by atoms with Gasteiger partial charge in [-0.1, -0.05) is 15.9 Å². The molecule has 2 fully saturated rings. The third-order valence-corrected chi connectivity index (χ3v) is 4.51. The van der Waals surface area contributed by atoms with Crippen LogP contribution in [0.15, 0.2) is 0 Å². The average Bonchev–Trinajstić information content (AvgIpc) is 2.68. The van der Waals surface area contributed by atoms with Crippen LogP contribution in [-0.4, -0.2) is 79.7 Å². The van der Waals surface area contributed by atoms with Gasteiger partial charge in [0, 0.05) is 51.9 Å². The van der Waals surface area contributed by atoms with E-state index in [1.807, 2.05) is 11.8 Å². The number of esters is 2. The van der Waals surface area contributed by atoms with Gasteiger partial charge in [0.15, 0.2) is 0 Å². The molecule has 8 nitrogen and oxygen atoms in total. The Labute approximate surface area is 169 Å². The SMILES string of the molecule is COC(=O)C(C)Br.COC(=O)C(C)N1CCC(=O)CC1.O=C1CCNCC1. The van der Waals surface area contributed by atoms with Crippen molar-refractivity contribution in [3.63, 3.8) is 0 Å². The van der Waals surface area contributed by atoms with Crippen molar-refractivity contribution < 1.29 is 28.7 Å². The van der Waals surface area contributed by atoms with E-state index in [4.69, 9.17) is 0 Å². The lowest BCUT2D eigenvalue weighted by Crippen LogP contribution is -2.44. The molecular formula is C18H31BrN2O6. The van der Waals surface area contributed by atoms with Crippen molar-refractivity contribution in [2.45, 2.75) is 50.4 Å². The highest BCUT2D eigenvalue weighted by atomic mass is 79.9. The van der Waals surface area contributed by atoms with E-state index in [2.05, 4.69) is 30.7 Å². The Hall–Kier alpha value is -1.32. The number of hydrogen-bond acceptors (Lipinski definition) is 8. The summed E-state index contributed by atoms with van der Waals surface area (Å²) in [5.74, 6) is 0.224. The largest absolute Gasteiger partial charge is 0.468 e. The van der Waals surface area contributed by atoms with Crippen LogP contribution in [0.4, 0.5) is 0 Å². The van der Waals surface area contributed by atoms with Crippen molar-refractivity contribution in [1.29, 1.82) is 0 Å². The van der Waals surface area contributed by atoms with Crippen molar-refractivity contribution in [3.05, 3.63) is 0 Å². The van der Waals surface area contributed by atoms with Crippen LogP contribution in [0.5, 0.6) is 0 Å². The first kappa shape index (κ1) is 25.7. The molecule has 2 heterocycles. The minimum atomic E-state index is -0.236. The van der Waals surface area contributed by atoms with Crippen molar-refractivity contribution in [3.8, 4) is 0 Å². The Bertz CT molecular complexity index is 480. The molecule has 0 aliphatic carbocycles. The van der Waals surface area contributed by atoms with Gasteiger partial charge in [0.1, 0.15) is 22.4 Å². The molecule has 2 aliphatic rings. The molecule has 2 atom stereocenters. The normalized spacial score (nSPS) is 19.4. The van der Waals surface area contributed by atoms with Crippen molar-refractivity contribution in [2.75, 3.05) is 40.4 Å². The van der Waals surface area contributed by atoms with E-state index < -0.39 is 0 Å². The fraction of sp³-hybridized carbons (Fsp3) is 0.778. The summed E-state index contributed by atoms with van der Waals surface area (Å²) in [4.78, 5) is 44.5. The Kier molecular flexibility index (Phi) is 14.0. The van der Waals surface area contributed by atoms with Gasteiger partial charge in [-0.05, 0) is 13.8 Å². The lowest BCUT2D eigenvalue weighted by Gasteiger charge is -2.29. The van der Waals surface area contributed by atoms with Crippen LogP contribution in [0.3, 0.4) is 0 Å². The van der Waals surface area contributed by atoms with Crippen LogP contribution >= 0.6 is 15.9 Å². The predicted molar refractivity (Wildman–Crippen MR) is 105 cm³/mol. The van der Waals surface area contributed by atoms with Crippen molar-refractivity contribution in [1.82, 2.24) is 10.2 Å². The zero-order chi connectivity index (χ0) is 20.8. The fourth-order valence-corrected chi connectivity index (χ4v) is 2.54. The third kappa shape index (κ3) is 11.9. The predicted octanol–water partition coefficient (Wildman–Crippen LogP) is 1.09. The number of halogens is 1. The number of Topliss-reactive ketones (excluding diaryl/α,β-unsaturated/α-hetero) is 2. The van der Waals surface area contributed by atoms with Crippen molar-refractivity contribution in [2.24, 2.45) is 0 Å². The van der Waals surface area contributed by atoms with Gasteiger partial charge in [0.2, 0.25) is 0 Å². The van der Waals surface area contributed by atoms with Gasteiger partial charge in [0.05, 0.1) is 14.2 Å². The first-order valence-electron chi connectivity index (χ1n) is 9.00. The highest BCUT2D eigenvalue weighted by Crippen LogP contribution is 2.10. The maximum absolute atomic E-state index is 11.1. The molecule has 0 amide bonds. The van der Waals surface area contributed by atoms with Gasteiger partial charge in [-0.3, -0.25) is 24.1 Å². The topological polar surface area (TPSA) is 102 Å². The number of carbonyl (C=O) groups is 4. The van der Waals surface area contributed by atoms with E-state index in [1.165, 1.54) is 14.2 Å². The number of ketones is 2. The second kappa shape index (κ2) is 14.7. The second-order valence-corrected chi connectivity index (χ2v) is 7.58. The molecule has 2 aliphatic heterocycles. The number of likely N-dealkylation sites (tertiary alicyclic amines) is 1. The summed E-state index contributed by atoms with van der Waals surface area (Å²) in [6.45, 7) is 6.65. The summed E-state index contributed by atoms with van der Waals surface area (Å²) in [5, 5.41) is 3.09. The summed E-state index contributed by atoms with van der Waals surface area (Å²) in [6.07, 6.45) is 2.59. The number of carbonyl (C=O) groups excluding carboxylic acids is 4. The maximum atomic E-state index is 11.1. The molecule has 9 heteroatoms. The van der Waals surface area contributed by atoms with E-state index in [9.17, 15) is 19.2 Å². The zero-order valence-electron chi connectivity index (χ0n) is 16.6. The van der Waals surface area contributed by atoms with Crippen LogP contribution in [0.25, 0.3) is 0 Å². The van der Waals surface area contributed by atoms with E-state index in [0.29, 0.717) is 31.7 Å². The van der Waals surface area contributed by atoms with Crippen LogP contribution < -0.4 is 5.32 Å². The van der Waals surface area contributed by atoms with Gasteiger partial charge in [0.25, 0.3) is 0 Å². The molecule has 0 spiro atoms. The molecule has 2 unspecified atom stereocenters. The standard InChI is InChI=1S/C9H15NO3.C5H9NO.C4H7BrO2/c1-7(9(12)13-2)10-5-3-8(11)4-6-10;7-5-1-3-6-4-2-5;1-3(5)4(6)7-2/h7H,3-6H2,1-2H3;6H,1-4H2;3H,1-2H3. The highest BCUT2D eigenvalue weighted by molar-refractivity contribution is 9.10. The lowest BCUT2D eigenvalue weighted by molar-refractivity contribution is -0.147. The number of methoxy groups -OCH3 is 2. The summed E-state index contributed by atoms with van der Waals surface area (Å²) in [6, 6.07) is -0.224. The van der Waals surface area contributed by atoms with Gasteiger partial charge in [-0.2, -0.15) is 0 Å². The molecule has 0 saturated carbocycles. The third-order valence-electron chi connectivity index (χ3n) is 4.13. The molecule has 2 saturated heterocycles. The Morgan fingerprint density at radius 3 is 1.67 bits per heavy atom. The van der Waals surface area contributed by atoms with Crippen LogP contribution in [0.2, 0.25) is 0 Å². The number of hydrogen-bond donors (Lipinski definition) is 1. The minimum absolute atomic E-state index is 0.183. The van der Waals surface area contributed by atoms with Gasteiger partial charge < -0.3 is 14.8 Å². The van der Waals surface area contributed by atoms with Gasteiger partial charge in [-0.25, -0.2) is 0 Å². The molecule has 0 aromatic rings. The molecule has 1 N–H and O–H groups in total. The summed E-state index contributed by atoms with van der Waals surface area (Å²) in [5.41, 5.74) is 0. The number of piperidine rings is 2. The van der Waals surface area contributed by atoms with E-state index in [-0.39, 0.29) is 28.6 Å². The maximum Gasteiger partial charge on any atom is 0.322 e. The molecule has 2 rings (SSSR count). The summed E-state index contributed by atoms with van der Waals surface area (Å²) in [7, 11) is 2.74. The number of alkyl halides is 1. The molecule has 156 valence electrons. The van der Waals surface area contributed by atoms with E-state index >= 15 is 0 Å². The van der Waals surface area contributed by atoms with Crippen molar-refractivity contribution >= 4 is 39.4 Å². The smallest absolute Gasteiger partial charge is 0.322 e. The first-order valence-corrected chi connectivity index (χ1v) is 9.92. The van der Waals surface area contributed by atoms with E-state index in [0.717, 1.165) is 25.9 Å². The molecule has 0 radical (unpaired) electrons. The Morgan fingerprint density at radius 2 is 1.37 bits per heavy atom. The molecule has 0 aromatic heterocycles. The average molecular weight is 451 g/mol. The molecular weight excluding hydrogens is 420 g/mol. The number of rotatable bonds is 3. The fourth-order valence-electron chi connectivity index (χ4n) is 2.35. The Balaban J connectivity index is 0.000000410. The highest BCUT2D eigenvalue weighted by Gasteiger charge is 2.25. The lowest BCUT2D eigenvalue weighted by atomic mass is 10.1. The quantitative estimate of drug-likeness (QED) is 0.503. The monoisotopic (exact) mass is 450 g/mol. The minimum Gasteiger partial charge on any atom is -0.468 e. The van der Waals surface area contributed by atoms with Gasteiger partial charge in [-0.15, -0.1) is 0 Å². The van der Waals surface area contributed by atoms with Crippen LogP contribution in [-0.2, 0) is 28.7 Å². The summed E-state index contributed by atoms with van der Waals surface area (Å²) >= 11 is 3.03. The molecule has 0 bridgehead atoms.